The van der Waals surface area contributed by atoms with Crippen LogP contribution in [-0.4, -0.2) is 66.6 Å². The largest absolute Gasteiger partial charge is 0.446 e. The third-order valence-electron chi connectivity index (χ3n) is 5.00. The standard InChI is InChI=1S/C19H24F3N3O3S/c20-19(21,22)29-16-4-2-15(3-5-16)23-18(27)25-9-1-8-24(10-11-25)17(26)14-6-12-28-13-7-14/h2-5,14H,1,6-13H2,(H,23,27). The molecule has 0 unspecified atom stereocenters. The predicted molar refractivity (Wildman–Crippen MR) is 104 cm³/mol. The SMILES string of the molecule is O=C(Nc1ccc(SC(F)(F)F)cc1)N1CCCN(C(=O)C2CCOCC2)CC1. The van der Waals surface area contributed by atoms with Crippen LogP contribution in [0.3, 0.4) is 0 Å². The predicted octanol–water partition coefficient (Wildman–Crippen LogP) is 3.79. The van der Waals surface area contributed by atoms with E-state index in [-0.39, 0.29) is 34.5 Å². The zero-order chi connectivity index (χ0) is 20.9. The summed E-state index contributed by atoms with van der Waals surface area (Å²) in [7, 11) is 0. The van der Waals surface area contributed by atoms with Crippen LogP contribution in [0, 0.1) is 5.92 Å². The van der Waals surface area contributed by atoms with E-state index in [0.29, 0.717) is 51.5 Å². The van der Waals surface area contributed by atoms with Crippen LogP contribution in [-0.2, 0) is 9.53 Å². The Hall–Kier alpha value is -1.94. The molecule has 6 nitrogen and oxygen atoms in total. The zero-order valence-corrected chi connectivity index (χ0v) is 16.7. The molecule has 2 aliphatic rings. The van der Waals surface area contributed by atoms with Crippen LogP contribution in [0.15, 0.2) is 29.2 Å². The van der Waals surface area contributed by atoms with Crippen molar-refractivity contribution >= 4 is 29.4 Å². The van der Waals surface area contributed by atoms with Crippen molar-refractivity contribution < 1.29 is 27.5 Å². The molecule has 2 aliphatic heterocycles. The molecule has 2 saturated heterocycles. The number of halogens is 3. The van der Waals surface area contributed by atoms with Crippen LogP contribution in [0.5, 0.6) is 0 Å². The van der Waals surface area contributed by atoms with Crippen LogP contribution in [0.4, 0.5) is 23.7 Å². The highest BCUT2D eigenvalue weighted by Crippen LogP contribution is 2.37. The van der Waals surface area contributed by atoms with Gasteiger partial charge in [-0.2, -0.15) is 13.2 Å². The molecule has 0 bridgehead atoms. The number of benzene rings is 1. The number of carbonyl (C=O) groups excluding carboxylic acids is 2. The van der Waals surface area contributed by atoms with Crippen LogP contribution >= 0.6 is 11.8 Å². The number of alkyl halides is 3. The van der Waals surface area contributed by atoms with Crippen LogP contribution in [0.2, 0.25) is 0 Å². The number of thioether (sulfide) groups is 1. The Kier molecular flexibility index (Phi) is 7.28. The van der Waals surface area contributed by atoms with Crippen molar-refractivity contribution in [2.75, 3.05) is 44.7 Å². The quantitative estimate of drug-likeness (QED) is 0.740. The van der Waals surface area contributed by atoms with Gasteiger partial charge in [-0.25, -0.2) is 4.79 Å². The lowest BCUT2D eigenvalue weighted by Crippen LogP contribution is -2.42. The minimum Gasteiger partial charge on any atom is -0.381 e. The molecule has 0 radical (unpaired) electrons. The topological polar surface area (TPSA) is 61.9 Å². The molecule has 3 rings (SSSR count). The van der Waals surface area contributed by atoms with Gasteiger partial charge in [0.05, 0.1) is 0 Å². The monoisotopic (exact) mass is 431 g/mol. The maximum atomic E-state index is 12.7. The lowest BCUT2D eigenvalue weighted by Gasteiger charge is -2.28. The number of anilines is 1. The maximum Gasteiger partial charge on any atom is 0.446 e. The first kappa shape index (κ1) is 21.8. The Bertz CT molecular complexity index is 709. The summed E-state index contributed by atoms with van der Waals surface area (Å²) in [6.07, 6.45) is 2.16. The van der Waals surface area contributed by atoms with Crippen molar-refractivity contribution in [2.45, 2.75) is 29.7 Å². The van der Waals surface area contributed by atoms with E-state index in [0.717, 1.165) is 12.8 Å². The molecule has 2 fully saturated rings. The highest BCUT2D eigenvalue weighted by Gasteiger charge is 2.30. The highest BCUT2D eigenvalue weighted by atomic mass is 32.2. The summed E-state index contributed by atoms with van der Waals surface area (Å²) in [6.45, 7) is 3.25. The molecule has 1 N–H and O–H groups in total. The highest BCUT2D eigenvalue weighted by molar-refractivity contribution is 8.00. The van der Waals surface area contributed by atoms with Gasteiger partial charge in [0.1, 0.15) is 0 Å². The Morgan fingerprint density at radius 3 is 2.28 bits per heavy atom. The van der Waals surface area contributed by atoms with Crippen molar-refractivity contribution in [2.24, 2.45) is 5.92 Å². The van der Waals surface area contributed by atoms with Gasteiger partial charge in [0.25, 0.3) is 0 Å². The van der Waals surface area contributed by atoms with Crippen LogP contribution in [0.25, 0.3) is 0 Å². The molecule has 29 heavy (non-hydrogen) atoms. The number of rotatable bonds is 3. The fourth-order valence-corrected chi connectivity index (χ4v) is 4.03. The molecule has 160 valence electrons. The second-order valence-electron chi connectivity index (χ2n) is 7.05. The summed E-state index contributed by atoms with van der Waals surface area (Å²) < 4.78 is 42.5. The number of ether oxygens (including phenoxy) is 1. The summed E-state index contributed by atoms with van der Waals surface area (Å²) in [5.74, 6) is 0.130. The van der Waals surface area contributed by atoms with E-state index in [9.17, 15) is 22.8 Å². The number of hydrogen-bond donors (Lipinski definition) is 1. The van der Waals surface area contributed by atoms with Gasteiger partial charge in [-0.15, -0.1) is 0 Å². The van der Waals surface area contributed by atoms with Crippen molar-refractivity contribution in [1.82, 2.24) is 9.80 Å². The molecule has 0 atom stereocenters. The lowest BCUT2D eigenvalue weighted by atomic mass is 9.98. The summed E-state index contributed by atoms with van der Waals surface area (Å²) in [6, 6.07) is 5.23. The first-order valence-corrected chi connectivity index (χ1v) is 10.4. The maximum absolute atomic E-state index is 12.7. The van der Waals surface area contributed by atoms with Gasteiger partial charge in [-0.05, 0) is 55.3 Å². The molecule has 1 aromatic carbocycles. The van der Waals surface area contributed by atoms with Crippen LogP contribution in [0.1, 0.15) is 19.3 Å². The average Bonchev–Trinajstić information content (AvgIpc) is 2.95. The van der Waals surface area contributed by atoms with Gasteiger partial charge in [0.15, 0.2) is 0 Å². The molecule has 0 aliphatic carbocycles. The first-order valence-electron chi connectivity index (χ1n) is 9.60. The zero-order valence-electron chi connectivity index (χ0n) is 15.9. The van der Waals surface area contributed by atoms with E-state index < -0.39 is 5.51 Å². The van der Waals surface area contributed by atoms with Crippen LogP contribution < -0.4 is 5.32 Å². The summed E-state index contributed by atoms with van der Waals surface area (Å²) in [5, 5.41) is 2.71. The number of urea groups is 1. The van der Waals surface area contributed by atoms with Gasteiger partial charge in [-0.1, -0.05) is 0 Å². The minimum atomic E-state index is -4.34. The van der Waals surface area contributed by atoms with E-state index in [2.05, 4.69) is 5.32 Å². The molecule has 0 spiro atoms. The minimum absolute atomic E-state index is 0.00258. The van der Waals surface area contributed by atoms with E-state index in [1.54, 1.807) is 4.90 Å². The number of carbonyl (C=O) groups is 2. The first-order chi connectivity index (χ1) is 13.8. The lowest BCUT2D eigenvalue weighted by molar-refractivity contribution is -0.138. The Morgan fingerprint density at radius 2 is 1.62 bits per heavy atom. The normalized spacial score (nSPS) is 19.0. The van der Waals surface area contributed by atoms with E-state index in [4.69, 9.17) is 4.74 Å². The second-order valence-corrected chi connectivity index (χ2v) is 8.19. The average molecular weight is 431 g/mol. The van der Waals surface area contributed by atoms with E-state index in [1.807, 2.05) is 4.90 Å². The molecular formula is C19H24F3N3O3S. The molecule has 2 heterocycles. The summed E-state index contributed by atoms with van der Waals surface area (Å²) >= 11 is -0.195. The summed E-state index contributed by atoms with van der Waals surface area (Å²) in [4.78, 5) is 28.7. The van der Waals surface area contributed by atoms with E-state index in [1.165, 1.54) is 24.3 Å². The molecular weight excluding hydrogens is 407 g/mol. The third kappa shape index (κ3) is 6.53. The number of nitrogens with one attached hydrogen (secondary N) is 1. The molecule has 1 aromatic rings. The fourth-order valence-electron chi connectivity index (χ4n) is 3.49. The van der Waals surface area contributed by atoms with Gasteiger partial charge >= 0.3 is 11.5 Å². The van der Waals surface area contributed by atoms with E-state index >= 15 is 0 Å². The van der Waals surface area contributed by atoms with Crippen molar-refractivity contribution in [1.29, 1.82) is 0 Å². The van der Waals surface area contributed by atoms with Crippen molar-refractivity contribution in [3.8, 4) is 0 Å². The second kappa shape index (κ2) is 9.71. The van der Waals surface area contributed by atoms with Gasteiger partial charge in [0, 0.05) is 55.9 Å². The Morgan fingerprint density at radius 1 is 1.00 bits per heavy atom. The van der Waals surface area contributed by atoms with Gasteiger partial charge in [-0.3, -0.25) is 4.79 Å². The number of amides is 3. The Balaban J connectivity index is 1.50. The molecule has 0 aromatic heterocycles. The fraction of sp³-hybridized carbons (Fsp3) is 0.579. The van der Waals surface area contributed by atoms with Crippen molar-refractivity contribution in [3.63, 3.8) is 0 Å². The molecule has 3 amide bonds. The summed E-state index contributed by atoms with van der Waals surface area (Å²) in [5.41, 5.74) is -3.91. The molecule has 10 heteroatoms. The number of hydrogen-bond acceptors (Lipinski definition) is 4. The van der Waals surface area contributed by atoms with Crippen molar-refractivity contribution in [3.05, 3.63) is 24.3 Å². The third-order valence-corrected chi connectivity index (χ3v) is 5.74. The van der Waals surface area contributed by atoms with Gasteiger partial charge < -0.3 is 19.9 Å². The Labute approximate surface area is 171 Å². The smallest absolute Gasteiger partial charge is 0.381 e. The molecule has 0 saturated carbocycles. The van der Waals surface area contributed by atoms with Gasteiger partial charge in [0.2, 0.25) is 5.91 Å². The number of nitrogens with zero attached hydrogens (tertiary/aromatic N) is 2.